The van der Waals surface area contributed by atoms with Gasteiger partial charge in [-0.3, -0.25) is 4.79 Å². The van der Waals surface area contributed by atoms with Crippen molar-refractivity contribution in [2.75, 3.05) is 13.0 Å². The fourth-order valence-electron chi connectivity index (χ4n) is 2.13. The number of thioether (sulfide) groups is 1. The summed E-state index contributed by atoms with van der Waals surface area (Å²) in [5.74, 6) is -0.280. The lowest BCUT2D eigenvalue weighted by Crippen LogP contribution is -2.21. The average molecular weight is 307 g/mol. The van der Waals surface area contributed by atoms with Crippen LogP contribution in [-0.2, 0) is 11.2 Å². The van der Waals surface area contributed by atoms with Crippen LogP contribution in [0.25, 0.3) is 6.08 Å². The molecule has 0 saturated heterocycles. The smallest absolute Gasteiger partial charge is 0.245 e. The Labute approximate surface area is 131 Å². The van der Waals surface area contributed by atoms with Gasteiger partial charge in [-0.15, -0.1) is 11.8 Å². The van der Waals surface area contributed by atoms with Crippen LogP contribution in [-0.4, -0.2) is 24.0 Å². The van der Waals surface area contributed by atoms with Crippen molar-refractivity contribution in [3.63, 3.8) is 0 Å². The Morgan fingerprint density at radius 1 is 1.33 bits per heavy atom. The monoisotopic (exact) mass is 307 g/mol. The van der Waals surface area contributed by atoms with Crippen LogP contribution < -0.4 is 5.32 Å². The van der Waals surface area contributed by atoms with Gasteiger partial charge in [0.05, 0.1) is 0 Å². The number of hydrogen-bond acceptors (Lipinski definition) is 3. The second-order valence-corrected chi connectivity index (χ2v) is 5.77. The molecule has 1 amide bonds. The summed E-state index contributed by atoms with van der Waals surface area (Å²) in [6.45, 7) is 1.88. The molecule has 0 unspecified atom stereocenters. The molecule has 0 heterocycles. The summed E-state index contributed by atoms with van der Waals surface area (Å²) < 4.78 is 0. The van der Waals surface area contributed by atoms with Crippen LogP contribution in [0, 0.1) is 0 Å². The van der Waals surface area contributed by atoms with Crippen LogP contribution in [0.3, 0.4) is 0 Å². The zero-order chi connectivity index (χ0) is 15.5. The lowest BCUT2D eigenvalue weighted by molar-refractivity contribution is -0.117. The Morgan fingerprint density at radius 2 is 2.14 bits per heavy atom. The maximum Gasteiger partial charge on any atom is 0.245 e. The number of rotatable bonds is 9. The minimum atomic E-state index is -0.337. The summed E-state index contributed by atoms with van der Waals surface area (Å²) in [6, 6.07) is 6.44. The molecule has 0 radical (unpaired) electrons. The molecule has 0 atom stereocenters. The van der Waals surface area contributed by atoms with Gasteiger partial charge >= 0.3 is 0 Å². The van der Waals surface area contributed by atoms with E-state index in [0.717, 1.165) is 16.9 Å². The number of hydrogen-bond donors (Lipinski definition) is 2. The van der Waals surface area contributed by atoms with E-state index in [1.54, 1.807) is 11.8 Å². The predicted molar refractivity (Wildman–Crippen MR) is 90.3 cm³/mol. The Morgan fingerprint density at radius 3 is 2.81 bits per heavy atom. The molecule has 0 aliphatic carbocycles. The first-order valence-electron chi connectivity index (χ1n) is 7.45. The van der Waals surface area contributed by atoms with Gasteiger partial charge in [0, 0.05) is 11.0 Å². The van der Waals surface area contributed by atoms with Gasteiger partial charge in [-0.1, -0.05) is 38.3 Å². The molecule has 21 heavy (non-hydrogen) atoms. The van der Waals surface area contributed by atoms with Crippen molar-refractivity contribution in [2.45, 2.75) is 43.9 Å². The molecular formula is C17H25NO2S. The zero-order valence-corrected chi connectivity index (χ0v) is 13.7. The number of unbranched alkanes of at least 4 members (excludes halogenated alkanes) is 3. The minimum absolute atomic E-state index is 0.280. The molecule has 0 spiro atoms. The van der Waals surface area contributed by atoms with Crippen molar-refractivity contribution in [3.05, 3.63) is 35.4 Å². The molecule has 1 aromatic carbocycles. The highest BCUT2D eigenvalue weighted by molar-refractivity contribution is 7.98. The van der Waals surface area contributed by atoms with E-state index in [0.29, 0.717) is 0 Å². The quantitative estimate of drug-likeness (QED) is 0.317. The highest BCUT2D eigenvalue weighted by Crippen LogP contribution is 2.24. The first kappa shape index (κ1) is 17.8. The third kappa shape index (κ3) is 6.82. The fourth-order valence-corrected chi connectivity index (χ4v) is 2.69. The van der Waals surface area contributed by atoms with E-state index >= 15 is 0 Å². The molecule has 0 aliphatic rings. The maximum atomic E-state index is 11.4. The molecule has 116 valence electrons. The average Bonchev–Trinajstić information content (AvgIpc) is 2.50. The molecule has 4 heteroatoms. The number of benzene rings is 1. The van der Waals surface area contributed by atoms with Crippen molar-refractivity contribution in [3.8, 4) is 0 Å². The molecular weight excluding hydrogens is 282 g/mol. The van der Waals surface area contributed by atoms with E-state index in [9.17, 15) is 4.79 Å². The summed E-state index contributed by atoms with van der Waals surface area (Å²) in [5, 5.41) is 11.0. The van der Waals surface area contributed by atoms with Crippen molar-refractivity contribution in [1.82, 2.24) is 5.32 Å². The van der Waals surface area contributed by atoms with Gasteiger partial charge in [-0.05, 0) is 42.4 Å². The van der Waals surface area contributed by atoms with E-state index < -0.39 is 0 Å². The van der Waals surface area contributed by atoms with Gasteiger partial charge in [0.2, 0.25) is 5.91 Å². The summed E-state index contributed by atoms with van der Waals surface area (Å²) in [7, 11) is 0. The van der Waals surface area contributed by atoms with E-state index in [4.69, 9.17) is 5.11 Å². The predicted octanol–water partition coefficient (Wildman–Crippen LogP) is 3.61. The minimum Gasteiger partial charge on any atom is -0.376 e. The van der Waals surface area contributed by atoms with Crippen LogP contribution in [0.2, 0.25) is 0 Å². The van der Waals surface area contributed by atoms with Gasteiger partial charge in [-0.25, -0.2) is 0 Å². The third-order valence-corrected chi connectivity index (χ3v) is 4.09. The highest BCUT2D eigenvalue weighted by Gasteiger charge is 2.02. The molecule has 0 aliphatic heterocycles. The van der Waals surface area contributed by atoms with Crippen LogP contribution in [0.4, 0.5) is 0 Å². The van der Waals surface area contributed by atoms with E-state index in [1.807, 2.05) is 12.3 Å². The number of nitrogens with one attached hydrogen (secondary N) is 1. The van der Waals surface area contributed by atoms with Crippen LogP contribution in [0.5, 0.6) is 0 Å². The number of aliphatic hydroxyl groups is 1. The summed E-state index contributed by atoms with van der Waals surface area (Å²) in [4.78, 5) is 12.5. The Bertz CT molecular complexity index is 472. The highest BCUT2D eigenvalue weighted by atomic mass is 32.2. The van der Waals surface area contributed by atoms with Crippen molar-refractivity contribution >= 4 is 23.7 Å². The fraction of sp³-hybridized carbons (Fsp3) is 0.471. The molecule has 0 fully saturated rings. The summed E-state index contributed by atoms with van der Waals surface area (Å²) in [6.07, 6.45) is 11.4. The number of aliphatic hydroxyl groups excluding tert-OH is 1. The largest absolute Gasteiger partial charge is 0.376 e. The molecule has 1 rings (SSSR count). The zero-order valence-electron chi connectivity index (χ0n) is 12.9. The van der Waals surface area contributed by atoms with Crippen molar-refractivity contribution in [2.24, 2.45) is 0 Å². The number of aryl methyl sites for hydroxylation is 1. The molecule has 0 saturated carbocycles. The van der Waals surface area contributed by atoms with Crippen LogP contribution in [0.15, 0.2) is 29.2 Å². The third-order valence-electron chi connectivity index (χ3n) is 3.28. The van der Waals surface area contributed by atoms with Gasteiger partial charge in [0.15, 0.2) is 0 Å². The van der Waals surface area contributed by atoms with Crippen LogP contribution >= 0.6 is 11.8 Å². The van der Waals surface area contributed by atoms with E-state index in [1.165, 1.54) is 37.3 Å². The maximum absolute atomic E-state index is 11.4. The topological polar surface area (TPSA) is 49.3 Å². The van der Waals surface area contributed by atoms with E-state index in [2.05, 4.69) is 30.4 Å². The van der Waals surface area contributed by atoms with Crippen molar-refractivity contribution < 1.29 is 9.90 Å². The Kier molecular flexibility index (Phi) is 8.87. The molecule has 0 aromatic heterocycles. The first-order chi connectivity index (χ1) is 10.2. The van der Waals surface area contributed by atoms with Gasteiger partial charge < -0.3 is 10.4 Å². The Balaban J connectivity index is 2.73. The lowest BCUT2D eigenvalue weighted by Gasteiger charge is -2.07. The van der Waals surface area contributed by atoms with Crippen molar-refractivity contribution in [1.29, 1.82) is 0 Å². The Hall–Kier alpha value is -1.26. The molecule has 2 N–H and O–H groups in total. The SMILES string of the molecule is CCCCCCc1ccc(SC)c(C=CC(=O)NCO)c1. The van der Waals surface area contributed by atoms with E-state index in [-0.39, 0.29) is 12.6 Å². The second kappa shape index (κ2) is 10.5. The molecule has 0 bridgehead atoms. The van der Waals surface area contributed by atoms with Crippen LogP contribution in [0.1, 0.15) is 43.7 Å². The second-order valence-electron chi connectivity index (χ2n) is 4.92. The summed E-state index contributed by atoms with van der Waals surface area (Å²) in [5.41, 5.74) is 2.37. The number of carbonyl (C=O) groups excluding carboxylic acids is 1. The first-order valence-corrected chi connectivity index (χ1v) is 8.67. The number of carbonyl (C=O) groups is 1. The molecule has 3 nitrogen and oxygen atoms in total. The number of amides is 1. The summed E-state index contributed by atoms with van der Waals surface area (Å²) >= 11 is 1.67. The molecule has 1 aromatic rings. The standard InChI is InChI=1S/C17H25NO2S/c1-3-4-5-6-7-14-8-10-16(21-2)15(12-14)9-11-17(20)18-13-19/h8-12,19H,3-7,13H2,1-2H3,(H,18,20). The lowest BCUT2D eigenvalue weighted by atomic mass is 10.0. The van der Waals surface area contributed by atoms with Gasteiger partial charge in [-0.2, -0.15) is 0 Å². The van der Waals surface area contributed by atoms with Gasteiger partial charge in [0.25, 0.3) is 0 Å². The van der Waals surface area contributed by atoms with Gasteiger partial charge in [0.1, 0.15) is 6.73 Å². The normalized spacial score (nSPS) is 11.0.